The molecule has 0 saturated heterocycles. The number of aromatic nitrogens is 2. The van der Waals surface area contributed by atoms with Crippen molar-refractivity contribution in [3.05, 3.63) is 41.7 Å². The smallest absolute Gasteiger partial charge is 0.173 e. The standard InChI is InChI=1S/C12H13ClN4/c1-17(2)12-11(14-6-7-15-12)16-10-5-3-4-9(13)8-10/h3-8H,1-2H3,(H,14,16). The highest BCUT2D eigenvalue weighted by Gasteiger charge is 2.06. The fraction of sp³-hybridized carbons (Fsp3) is 0.167. The SMILES string of the molecule is CN(C)c1nccnc1Nc1cccc(Cl)c1. The highest BCUT2D eigenvalue weighted by atomic mass is 35.5. The summed E-state index contributed by atoms with van der Waals surface area (Å²) in [6.07, 6.45) is 3.32. The van der Waals surface area contributed by atoms with E-state index >= 15 is 0 Å². The Morgan fingerprint density at radius 2 is 1.94 bits per heavy atom. The molecule has 4 nitrogen and oxygen atoms in total. The van der Waals surface area contributed by atoms with Gasteiger partial charge in [0, 0.05) is 37.2 Å². The highest BCUT2D eigenvalue weighted by Crippen LogP contribution is 2.23. The molecule has 88 valence electrons. The molecule has 0 unspecified atom stereocenters. The van der Waals surface area contributed by atoms with Crippen LogP contribution in [0.4, 0.5) is 17.3 Å². The zero-order chi connectivity index (χ0) is 12.3. The third-order valence-corrected chi connectivity index (χ3v) is 2.42. The monoisotopic (exact) mass is 248 g/mol. The lowest BCUT2D eigenvalue weighted by molar-refractivity contribution is 1.04. The van der Waals surface area contributed by atoms with Gasteiger partial charge >= 0.3 is 0 Å². The molecule has 0 amide bonds. The molecule has 0 spiro atoms. The molecule has 0 saturated carbocycles. The number of nitrogens with zero attached hydrogens (tertiary/aromatic N) is 3. The quantitative estimate of drug-likeness (QED) is 0.907. The van der Waals surface area contributed by atoms with Crippen molar-refractivity contribution in [2.75, 3.05) is 24.3 Å². The number of nitrogens with one attached hydrogen (secondary N) is 1. The molecular weight excluding hydrogens is 236 g/mol. The lowest BCUT2D eigenvalue weighted by Crippen LogP contribution is -2.13. The molecular formula is C12H13ClN4. The van der Waals surface area contributed by atoms with Crippen LogP contribution in [0.1, 0.15) is 0 Å². The van der Waals surface area contributed by atoms with Crippen LogP contribution in [0.3, 0.4) is 0 Å². The molecule has 5 heteroatoms. The molecule has 1 heterocycles. The molecule has 0 bridgehead atoms. The summed E-state index contributed by atoms with van der Waals surface area (Å²) in [5.74, 6) is 1.49. The first-order valence-electron chi connectivity index (χ1n) is 5.18. The summed E-state index contributed by atoms with van der Waals surface area (Å²) in [7, 11) is 3.85. The molecule has 1 aromatic carbocycles. The van der Waals surface area contributed by atoms with Gasteiger partial charge in [0.1, 0.15) is 0 Å². The second-order valence-electron chi connectivity index (χ2n) is 3.76. The number of rotatable bonds is 3. The summed E-state index contributed by atoms with van der Waals surface area (Å²) >= 11 is 5.93. The van der Waals surface area contributed by atoms with E-state index in [0.717, 1.165) is 11.5 Å². The van der Waals surface area contributed by atoms with Gasteiger partial charge in [-0.15, -0.1) is 0 Å². The van der Waals surface area contributed by atoms with Gasteiger partial charge in [0.05, 0.1) is 0 Å². The molecule has 1 N–H and O–H groups in total. The van der Waals surface area contributed by atoms with Gasteiger partial charge in [-0.2, -0.15) is 0 Å². The van der Waals surface area contributed by atoms with Gasteiger partial charge in [-0.05, 0) is 18.2 Å². The third kappa shape index (κ3) is 2.85. The number of anilines is 3. The lowest BCUT2D eigenvalue weighted by atomic mass is 10.3. The van der Waals surface area contributed by atoms with E-state index in [0.29, 0.717) is 10.8 Å². The minimum absolute atomic E-state index is 0.685. The highest BCUT2D eigenvalue weighted by molar-refractivity contribution is 6.30. The normalized spacial score (nSPS) is 10.1. The predicted molar refractivity (Wildman–Crippen MR) is 71.1 cm³/mol. The van der Waals surface area contributed by atoms with E-state index in [-0.39, 0.29) is 0 Å². The van der Waals surface area contributed by atoms with Gasteiger partial charge in [-0.25, -0.2) is 9.97 Å². The van der Waals surface area contributed by atoms with E-state index in [1.165, 1.54) is 0 Å². The summed E-state index contributed by atoms with van der Waals surface area (Å²) < 4.78 is 0. The van der Waals surface area contributed by atoms with Crippen molar-refractivity contribution >= 4 is 28.9 Å². The number of hydrogen-bond donors (Lipinski definition) is 1. The molecule has 0 aliphatic carbocycles. The van der Waals surface area contributed by atoms with E-state index in [4.69, 9.17) is 11.6 Å². The van der Waals surface area contributed by atoms with Gasteiger partial charge in [0.2, 0.25) is 0 Å². The van der Waals surface area contributed by atoms with Crippen LogP contribution in [-0.2, 0) is 0 Å². The molecule has 17 heavy (non-hydrogen) atoms. The number of halogens is 1. The molecule has 0 aliphatic rings. The van der Waals surface area contributed by atoms with Crippen LogP contribution in [-0.4, -0.2) is 24.1 Å². The summed E-state index contributed by atoms with van der Waals surface area (Å²) in [5.41, 5.74) is 0.890. The first-order valence-corrected chi connectivity index (χ1v) is 5.55. The van der Waals surface area contributed by atoms with Crippen LogP contribution in [0.2, 0.25) is 5.02 Å². The van der Waals surface area contributed by atoms with E-state index in [1.54, 1.807) is 12.4 Å². The van der Waals surface area contributed by atoms with Crippen molar-refractivity contribution in [1.29, 1.82) is 0 Å². The number of benzene rings is 1. The fourth-order valence-electron chi connectivity index (χ4n) is 1.45. The molecule has 0 fully saturated rings. The average Bonchev–Trinajstić information content (AvgIpc) is 2.29. The summed E-state index contributed by atoms with van der Waals surface area (Å²) in [5, 5.41) is 3.88. The minimum atomic E-state index is 0.685. The fourth-order valence-corrected chi connectivity index (χ4v) is 1.64. The van der Waals surface area contributed by atoms with Crippen LogP contribution >= 0.6 is 11.6 Å². The van der Waals surface area contributed by atoms with Gasteiger partial charge in [0.25, 0.3) is 0 Å². The molecule has 1 aromatic heterocycles. The van der Waals surface area contributed by atoms with Crippen LogP contribution in [0.15, 0.2) is 36.7 Å². The summed E-state index contributed by atoms with van der Waals surface area (Å²) in [6, 6.07) is 7.49. The van der Waals surface area contributed by atoms with Crippen molar-refractivity contribution in [1.82, 2.24) is 9.97 Å². The van der Waals surface area contributed by atoms with E-state index in [9.17, 15) is 0 Å². The zero-order valence-electron chi connectivity index (χ0n) is 9.68. The first kappa shape index (κ1) is 11.7. The molecule has 2 aromatic rings. The Kier molecular flexibility index (Phi) is 3.44. The lowest BCUT2D eigenvalue weighted by Gasteiger charge is -2.15. The van der Waals surface area contributed by atoms with Crippen molar-refractivity contribution in [3.63, 3.8) is 0 Å². The second-order valence-corrected chi connectivity index (χ2v) is 4.19. The zero-order valence-corrected chi connectivity index (χ0v) is 10.4. The maximum Gasteiger partial charge on any atom is 0.173 e. The van der Waals surface area contributed by atoms with Crippen molar-refractivity contribution in [2.45, 2.75) is 0 Å². The molecule has 0 atom stereocenters. The van der Waals surface area contributed by atoms with Gasteiger partial charge < -0.3 is 10.2 Å². The topological polar surface area (TPSA) is 41.1 Å². The van der Waals surface area contributed by atoms with Crippen LogP contribution in [0.25, 0.3) is 0 Å². The maximum atomic E-state index is 5.93. The average molecular weight is 249 g/mol. The van der Waals surface area contributed by atoms with Crippen molar-refractivity contribution in [2.24, 2.45) is 0 Å². The first-order chi connectivity index (χ1) is 8.16. The largest absolute Gasteiger partial charge is 0.360 e. The Hall–Kier alpha value is -1.81. The van der Waals surface area contributed by atoms with Crippen LogP contribution < -0.4 is 10.2 Å². The van der Waals surface area contributed by atoms with E-state index in [2.05, 4.69) is 15.3 Å². The summed E-state index contributed by atoms with van der Waals surface area (Å²) in [6.45, 7) is 0. The molecule has 0 radical (unpaired) electrons. The molecule has 0 aliphatic heterocycles. The minimum Gasteiger partial charge on any atom is -0.360 e. The Bertz CT molecular complexity index is 513. The Labute approximate surface area is 105 Å². The summed E-state index contributed by atoms with van der Waals surface area (Å²) in [4.78, 5) is 10.4. The third-order valence-electron chi connectivity index (χ3n) is 2.19. The van der Waals surface area contributed by atoms with Gasteiger partial charge in [-0.1, -0.05) is 17.7 Å². The molecule has 2 rings (SSSR count). The van der Waals surface area contributed by atoms with Crippen molar-refractivity contribution in [3.8, 4) is 0 Å². The Morgan fingerprint density at radius 1 is 1.18 bits per heavy atom. The second kappa shape index (κ2) is 5.01. The Morgan fingerprint density at radius 3 is 2.65 bits per heavy atom. The Balaban J connectivity index is 2.30. The van der Waals surface area contributed by atoms with E-state index in [1.807, 2.05) is 43.3 Å². The predicted octanol–water partition coefficient (Wildman–Crippen LogP) is 2.94. The van der Waals surface area contributed by atoms with Gasteiger partial charge in [0.15, 0.2) is 11.6 Å². The van der Waals surface area contributed by atoms with Crippen molar-refractivity contribution < 1.29 is 0 Å². The maximum absolute atomic E-state index is 5.93. The van der Waals surface area contributed by atoms with Crippen LogP contribution in [0, 0.1) is 0 Å². The van der Waals surface area contributed by atoms with E-state index < -0.39 is 0 Å². The van der Waals surface area contributed by atoms with Gasteiger partial charge in [-0.3, -0.25) is 0 Å². The van der Waals surface area contributed by atoms with Crippen LogP contribution in [0.5, 0.6) is 0 Å². The number of hydrogen-bond acceptors (Lipinski definition) is 4.